The second-order valence-corrected chi connectivity index (χ2v) is 24.5. The Balaban J connectivity index is 4.12. The van der Waals surface area contributed by atoms with Gasteiger partial charge in [-0.15, -0.1) is 0 Å². The van der Waals surface area contributed by atoms with Crippen LogP contribution in [0.5, 0.6) is 0 Å². The molecule has 0 bridgehead atoms. The van der Waals surface area contributed by atoms with Gasteiger partial charge in [0, 0.05) is 19.3 Å². The smallest absolute Gasteiger partial charge is 0.306 e. The molecule has 1 atom stereocenters. The molecule has 0 aliphatic carbocycles. The van der Waals surface area contributed by atoms with Gasteiger partial charge in [0.25, 0.3) is 0 Å². The maximum absolute atomic E-state index is 12.9. The predicted octanol–water partition coefficient (Wildman–Crippen LogP) is 25.1. The second kappa shape index (κ2) is 70.6. The van der Waals surface area contributed by atoms with E-state index in [2.05, 4.69) is 81.5 Å². The standard InChI is InChI=1S/C76H138O6/c1-4-7-10-13-16-19-22-24-26-28-30-32-34-36-37-38-39-41-42-44-46-48-50-52-54-57-60-63-66-69-75(78)81-72-73(71-80-74(77)68-65-62-59-56-21-18-15-12-9-6-3)82-76(79)70-67-64-61-58-55-53-51-49-47-45-43-40-35-33-31-29-27-25-23-20-17-14-11-8-5-2/h8,11-12,15,17,20,25,27,31,33,73H,4-7,9-10,13-14,16,18-19,21-24,26,28-30,32,34-72H2,1-3H3/b11-8-,15-12-,20-17-,27-25-,33-31-. The SMILES string of the molecule is CC/C=C\C/C=C\C/C=C\C/C=C\CCCCCCCCCCCCCCC(=O)OC(COC(=O)CCCCCCC/C=C\CCC)COC(=O)CCCCCCCCCCCCCCCCCCCCCCCCCCCCCCC. The summed E-state index contributed by atoms with van der Waals surface area (Å²) in [6.07, 6.45) is 91.4. The molecule has 0 spiro atoms. The maximum atomic E-state index is 12.9. The zero-order chi connectivity index (χ0) is 59.2. The van der Waals surface area contributed by atoms with Crippen LogP contribution in [0.25, 0.3) is 0 Å². The van der Waals surface area contributed by atoms with Crippen molar-refractivity contribution < 1.29 is 28.6 Å². The third kappa shape index (κ3) is 67.9. The van der Waals surface area contributed by atoms with E-state index < -0.39 is 6.10 Å². The van der Waals surface area contributed by atoms with Gasteiger partial charge in [-0.2, -0.15) is 0 Å². The lowest BCUT2D eigenvalue weighted by molar-refractivity contribution is -0.167. The lowest BCUT2D eigenvalue weighted by Crippen LogP contribution is -2.30. The van der Waals surface area contributed by atoms with Crippen molar-refractivity contribution in [3.63, 3.8) is 0 Å². The molecule has 0 aromatic heterocycles. The zero-order valence-electron chi connectivity index (χ0n) is 55.0. The van der Waals surface area contributed by atoms with Gasteiger partial charge >= 0.3 is 17.9 Å². The molecule has 0 aromatic rings. The summed E-state index contributed by atoms with van der Waals surface area (Å²) in [7, 11) is 0. The number of allylic oxidation sites excluding steroid dienone is 10. The first-order valence-electron chi connectivity index (χ1n) is 36.3. The second-order valence-electron chi connectivity index (χ2n) is 24.5. The minimum absolute atomic E-state index is 0.0733. The van der Waals surface area contributed by atoms with Crippen molar-refractivity contribution in [2.45, 2.75) is 393 Å². The number of unbranched alkanes of at least 4 members (excludes halogenated alkanes) is 46. The first kappa shape index (κ1) is 79.1. The van der Waals surface area contributed by atoms with Crippen LogP contribution in [0.15, 0.2) is 60.8 Å². The van der Waals surface area contributed by atoms with Crippen molar-refractivity contribution in [2.24, 2.45) is 0 Å². The van der Waals surface area contributed by atoms with Gasteiger partial charge in [0.2, 0.25) is 0 Å². The molecule has 1 unspecified atom stereocenters. The molecule has 0 rings (SSSR count). The molecule has 0 fully saturated rings. The third-order valence-corrected chi connectivity index (χ3v) is 16.2. The fourth-order valence-electron chi connectivity index (χ4n) is 10.9. The van der Waals surface area contributed by atoms with Gasteiger partial charge in [0.1, 0.15) is 13.2 Å². The maximum Gasteiger partial charge on any atom is 0.306 e. The molecular formula is C76H138O6. The van der Waals surface area contributed by atoms with Gasteiger partial charge in [0.15, 0.2) is 6.10 Å². The lowest BCUT2D eigenvalue weighted by atomic mass is 10.0. The summed E-state index contributed by atoms with van der Waals surface area (Å²) < 4.78 is 17.0. The fraction of sp³-hybridized carbons (Fsp3) is 0.829. The van der Waals surface area contributed by atoms with E-state index in [1.165, 1.54) is 250 Å². The summed E-state index contributed by atoms with van der Waals surface area (Å²) in [5.74, 6) is -0.864. The summed E-state index contributed by atoms with van der Waals surface area (Å²) in [6.45, 7) is 6.52. The Kier molecular flexibility index (Phi) is 68.1. The van der Waals surface area contributed by atoms with Crippen LogP contribution < -0.4 is 0 Å². The van der Waals surface area contributed by atoms with Crippen molar-refractivity contribution in [3.05, 3.63) is 60.8 Å². The molecule has 0 heterocycles. The van der Waals surface area contributed by atoms with E-state index in [1.807, 2.05) is 0 Å². The summed E-state index contributed by atoms with van der Waals surface area (Å²) in [5, 5.41) is 0. The molecular weight excluding hydrogens is 1010 g/mol. The first-order chi connectivity index (χ1) is 40.5. The van der Waals surface area contributed by atoms with E-state index in [9.17, 15) is 14.4 Å². The highest BCUT2D eigenvalue weighted by Crippen LogP contribution is 2.19. The van der Waals surface area contributed by atoms with Crippen LogP contribution in [-0.4, -0.2) is 37.2 Å². The molecule has 0 saturated heterocycles. The molecule has 0 aliphatic rings. The van der Waals surface area contributed by atoms with Crippen molar-refractivity contribution in [3.8, 4) is 0 Å². The van der Waals surface area contributed by atoms with Crippen LogP contribution in [0.4, 0.5) is 0 Å². The van der Waals surface area contributed by atoms with Crippen molar-refractivity contribution in [2.75, 3.05) is 13.2 Å². The Bertz CT molecular complexity index is 1460. The molecule has 0 aromatic carbocycles. The third-order valence-electron chi connectivity index (χ3n) is 16.2. The molecule has 0 saturated carbocycles. The van der Waals surface area contributed by atoms with Crippen molar-refractivity contribution >= 4 is 17.9 Å². The van der Waals surface area contributed by atoms with Crippen LogP contribution in [0.1, 0.15) is 387 Å². The largest absolute Gasteiger partial charge is 0.462 e. The predicted molar refractivity (Wildman–Crippen MR) is 358 cm³/mol. The van der Waals surface area contributed by atoms with Crippen LogP contribution in [-0.2, 0) is 28.6 Å². The number of carbonyl (C=O) groups is 3. The minimum Gasteiger partial charge on any atom is -0.462 e. The Labute approximate surface area is 510 Å². The van der Waals surface area contributed by atoms with E-state index in [0.717, 1.165) is 96.3 Å². The zero-order valence-corrected chi connectivity index (χ0v) is 55.0. The number of hydrogen-bond donors (Lipinski definition) is 0. The number of esters is 3. The fourth-order valence-corrected chi connectivity index (χ4v) is 10.9. The highest BCUT2D eigenvalue weighted by molar-refractivity contribution is 5.71. The van der Waals surface area contributed by atoms with Crippen LogP contribution in [0, 0.1) is 0 Å². The Morgan fingerprint density at radius 2 is 0.500 bits per heavy atom. The van der Waals surface area contributed by atoms with Gasteiger partial charge < -0.3 is 14.2 Å². The summed E-state index contributed by atoms with van der Waals surface area (Å²) in [6, 6.07) is 0. The molecule has 0 radical (unpaired) electrons. The highest BCUT2D eigenvalue weighted by atomic mass is 16.6. The monoisotopic (exact) mass is 1150 g/mol. The number of rotatable bonds is 67. The summed E-state index contributed by atoms with van der Waals surface area (Å²) in [4.78, 5) is 38.4. The molecule has 0 aliphatic heterocycles. The Hall–Kier alpha value is -2.89. The molecule has 0 N–H and O–H groups in total. The van der Waals surface area contributed by atoms with Gasteiger partial charge in [-0.1, -0.05) is 351 Å². The summed E-state index contributed by atoms with van der Waals surface area (Å²) in [5.41, 5.74) is 0. The number of carbonyl (C=O) groups excluding carboxylic acids is 3. The number of hydrogen-bond acceptors (Lipinski definition) is 6. The van der Waals surface area contributed by atoms with E-state index in [-0.39, 0.29) is 31.1 Å². The van der Waals surface area contributed by atoms with E-state index >= 15 is 0 Å². The van der Waals surface area contributed by atoms with E-state index in [1.54, 1.807) is 0 Å². The quantitative estimate of drug-likeness (QED) is 0.0261. The topological polar surface area (TPSA) is 78.9 Å². The normalized spacial score (nSPS) is 12.4. The Morgan fingerprint density at radius 3 is 0.805 bits per heavy atom. The van der Waals surface area contributed by atoms with E-state index in [4.69, 9.17) is 14.2 Å². The highest BCUT2D eigenvalue weighted by Gasteiger charge is 2.19. The van der Waals surface area contributed by atoms with Crippen molar-refractivity contribution in [1.82, 2.24) is 0 Å². The molecule has 82 heavy (non-hydrogen) atoms. The van der Waals surface area contributed by atoms with Crippen LogP contribution >= 0.6 is 0 Å². The van der Waals surface area contributed by atoms with E-state index in [0.29, 0.717) is 19.3 Å². The minimum atomic E-state index is -0.778. The molecule has 0 amide bonds. The molecule has 478 valence electrons. The van der Waals surface area contributed by atoms with Gasteiger partial charge in [-0.25, -0.2) is 0 Å². The lowest BCUT2D eigenvalue weighted by Gasteiger charge is -2.18. The van der Waals surface area contributed by atoms with Gasteiger partial charge in [-0.3, -0.25) is 14.4 Å². The summed E-state index contributed by atoms with van der Waals surface area (Å²) >= 11 is 0. The van der Waals surface area contributed by atoms with Gasteiger partial charge in [-0.05, 0) is 77.0 Å². The number of ether oxygens (including phenoxy) is 3. The average molecular weight is 1150 g/mol. The first-order valence-corrected chi connectivity index (χ1v) is 36.3. The molecule has 6 nitrogen and oxygen atoms in total. The van der Waals surface area contributed by atoms with Crippen LogP contribution in [0.3, 0.4) is 0 Å². The van der Waals surface area contributed by atoms with Crippen LogP contribution in [0.2, 0.25) is 0 Å². The van der Waals surface area contributed by atoms with Gasteiger partial charge in [0.05, 0.1) is 0 Å². The average Bonchev–Trinajstić information content (AvgIpc) is 3.47. The van der Waals surface area contributed by atoms with Crippen molar-refractivity contribution in [1.29, 1.82) is 0 Å². The Morgan fingerprint density at radius 1 is 0.256 bits per heavy atom. The molecule has 6 heteroatoms.